The summed E-state index contributed by atoms with van der Waals surface area (Å²) in [7, 11) is 0. The lowest BCUT2D eigenvalue weighted by Crippen LogP contribution is -2.32. The van der Waals surface area contributed by atoms with Gasteiger partial charge in [-0.05, 0) is 24.1 Å². The third-order valence-corrected chi connectivity index (χ3v) is 3.97. The van der Waals surface area contributed by atoms with Gasteiger partial charge in [0, 0.05) is 24.0 Å². The standard InChI is InChI=1S/C18H20N4O3/c1-12(2)14-11-15(21-20-14)18(23)22(7-3-6-19)13-4-5-16-17(10-13)25-9-8-24-16/h4-5,10-12H,3,7-9H2,1-2H3,(H,20,21). The maximum Gasteiger partial charge on any atom is 0.278 e. The number of H-pyrrole nitrogens is 1. The van der Waals surface area contributed by atoms with E-state index in [0.717, 1.165) is 5.69 Å². The van der Waals surface area contributed by atoms with Crippen LogP contribution in [0.5, 0.6) is 11.5 Å². The van der Waals surface area contributed by atoms with E-state index in [2.05, 4.69) is 16.3 Å². The second-order valence-electron chi connectivity index (χ2n) is 6.06. The molecule has 0 bridgehead atoms. The van der Waals surface area contributed by atoms with Crippen LogP contribution in [-0.2, 0) is 0 Å². The minimum atomic E-state index is -0.255. The zero-order valence-corrected chi connectivity index (χ0v) is 14.3. The number of anilines is 1. The third kappa shape index (κ3) is 3.58. The molecule has 1 aliphatic heterocycles. The van der Waals surface area contributed by atoms with Crippen molar-refractivity contribution in [2.24, 2.45) is 0 Å². The van der Waals surface area contributed by atoms with E-state index in [1.807, 2.05) is 13.8 Å². The van der Waals surface area contributed by atoms with Crippen LogP contribution < -0.4 is 14.4 Å². The molecule has 25 heavy (non-hydrogen) atoms. The van der Waals surface area contributed by atoms with Crippen LogP contribution in [0, 0.1) is 11.3 Å². The molecule has 0 atom stereocenters. The molecule has 1 N–H and O–H groups in total. The van der Waals surface area contributed by atoms with Gasteiger partial charge in [-0.3, -0.25) is 9.89 Å². The number of nitrogens with one attached hydrogen (secondary N) is 1. The summed E-state index contributed by atoms with van der Waals surface area (Å²) in [6, 6.07) is 9.17. The summed E-state index contributed by atoms with van der Waals surface area (Å²) in [6.45, 7) is 5.30. The third-order valence-electron chi connectivity index (χ3n) is 3.97. The molecule has 7 heteroatoms. The molecule has 0 spiro atoms. The maximum absolute atomic E-state index is 12.9. The molecule has 1 aliphatic rings. The van der Waals surface area contributed by atoms with Gasteiger partial charge in [0.1, 0.15) is 13.2 Å². The van der Waals surface area contributed by atoms with Crippen LogP contribution in [0.1, 0.15) is 42.4 Å². The highest BCUT2D eigenvalue weighted by molar-refractivity contribution is 6.05. The van der Waals surface area contributed by atoms with Crippen LogP contribution >= 0.6 is 0 Å². The molecular formula is C18H20N4O3. The first-order valence-corrected chi connectivity index (χ1v) is 8.24. The first-order valence-electron chi connectivity index (χ1n) is 8.24. The first-order chi connectivity index (χ1) is 12.1. The van der Waals surface area contributed by atoms with Gasteiger partial charge in [0.2, 0.25) is 0 Å². The van der Waals surface area contributed by atoms with Crippen molar-refractivity contribution in [1.29, 1.82) is 5.26 Å². The number of hydrogen-bond acceptors (Lipinski definition) is 5. The predicted octanol–water partition coefficient (Wildman–Crippen LogP) is 2.86. The predicted molar refractivity (Wildman–Crippen MR) is 92.0 cm³/mol. The number of carbonyl (C=O) groups is 1. The lowest BCUT2D eigenvalue weighted by atomic mass is 10.1. The monoisotopic (exact) mass is 340 g/mol. The Morgan fingerprint density at radius 3 is 2.76 bits per heavy atom. The number of carbonyl (C=O) groups excluding carboxylic acids is 1. The number of rotatable bonds is 5. The molecular weight excluding hydrogens is 320 g/mol. The van der Waals surface area contributed by atoms with Gasteiger partial charge in [-0.2, -0.15) is 10.4 Å². The van der Waals surface area contributed by atoms with E-state index in [9.17, 15) is 4.79 Å². The summed E-state index contributed by atoms with van der Waals surface area (Å²) >= 11 is 0. The molecule has 0 radical (unpaired) electrons. The first kappa shape index (κ1) is 16.8. The number of amides is 1. The molecule has 2 heterocycles. The summed E-state index contributed by atoms with van der Waals surface area (Å²) in [4.78, 5) is 14.5. The van der Waals surface area contributed by atoms with E-state index in [1.165, 1.54) is 0 Å². The molecule has 0 aliphatic carbocycles. The zero-order chi connectivity index (χ0) is 17.8. The van der Waals surface area contributed by atoms with E-state index in [0.29, 0.717) is 36.1 Å². The zero-order valence-electron chi connectivity index (χ0n) is 14.3. The molecule has 7 nitrogen and oxygen atoms in total. The highest BCUT2D eigenvalue weighted by Crippen LogP contribution is 2.34. The largest absolute Gasteiger partial charge is 0.486 e. The van der Waals surface area contributed by atoms with E-state index in [4.69, 9.17) is 14.7 Å². The SMILES string of the molecule is CC(C)c1cc(C(=O)N(CCC#N)c2ccc3c(c2)OCCO3)n[nH]1. The minimum Gasteiger partial charge on any atom is -0.486 e. The number of benzene rings is 1. The highest BCUT2D eigenvalue weighted by Gasteiger charge is 2.23. The summed E-state index contributed by atoms with van der Waals surface area (Å²) in [5, 5.41) is 15.9. The Kier molecular flexibility index (Phi) is 4.89. The Morgan fingerprint density at radius 1 is 1.32 bits per heavy atom. The number of nitrogens with zero attached hydrogens (tertiary/aromatic N) is 3. The highest BCUT2D eigenvalue weighted by atomic mass is 16.6. The average Bonchev–Trinajstić information content (AvgIpc) is 3.12. The lowest BCUT2D eigenvalue weighted by Gasteiger charge is -2.24. The number of aromatic nitrogens is 2. The average molecular weight is 340 g/mol. The molecule has 0 saturated heterocycles. The van der Waals surface area contributed by atoms with Gasteiger partial charge in [-0.25, -0.2) is 0 Å². The number of aromatic amines is 1. The Labute approximate surface area is 146 Å². The van der Waals surface area contributed by atoms with E-state index < -0.39 is 0 Å². The molecule has 130 valence electrons. The molecule has 2 aromatic rings. The second-order valence-corrected chi connectivity index (χ2v) is 6.06. The fourth-order valence-corrected chi connectivity index (χ4v) is 2.59. The van der Waals surface area contributed by atoms with E-state index in [1.54, 1.807) is 29.2 Å². The van der Waals surface area contributed by atoms with Crippen molar-refractivity contribution in [2.45, 2.75) is 26.2 Å². The van der Waals surface area contributed by atoms with Crippen LogP contribution in [-0.4, -0.2) is 35.9 Å². The smallest absolute Gasteiger partial charge is 0.278 e. The molecule has 3 rings (SSSR count). The summed E-state index contributed by atoms with van der Waals surface area (Å²) in [5.74, 6) is 1.25. The molecule has 0 unspecified atom stereocenters. The van der Waals surface area contributed by atoms with Crippen molar-refractivity contribution in [3.63, 3.8) is 0 Å². The molecule has 0 saturated carbocycles. The fraction of sp³-hybridized carbons (Fsp3) is 0.389. The van der Waals surface area contributed by atoms with Crippen LogP contribution in [0.3, 0.4) is 0 Å². The maximum atomic E-state index is 12.9. The topological polar surface area (TPSA) is 91.2 Å². The van der Waals surface area contributed by atoms with Crippen LogP contribution in [0.25, 0.3) is 0 Å². The Bertz CT molecular complexity index is 807. The number of fused-ring (bicyclic) bond motifs is 1. The van der Waals surface area contributed by atoms with Gasteiger partial charge in [0.25, 0.3) is 5.91 Å². The Balaban J connectivity index is 1.91. The van der Waals surface area contributed by atoms with E-state index >= 15 is 0 Å². The normalized spacial score (nSPS) is 12.7. The lowest BCUT2D eigenvalue weighted by molar-refractivity contribution is 0.0982. The van der Waals surface area contributed by atoms with Gasteiger partial charge < -0.3 is 14.4 Å². The number of hydrogen-bond donors (Lipinski definition) is 1. The van der Waals surface area contributed by atoms with Crippen LogP contribution in [0.4, 0.5) is 5.69 Å². The van der Waals surface area contributed by atoms with Gasteiger partial charge in [0.15, 0.2) is 17.2 Å². The van der Waals surface area contributed by atoms with E-state index in [-0.39, 0.29) is 24.8 Å². The summed E-state index contributed by atoms with van der Waals surface area (Å²) < 4.78 is 11.1. The fourth-order valence-electron chi connectivity index (χ4n) is 2.59. The van der Waals surface area contributed by atoms with Crippen LogP contribution in [0.15, 0.2) is 24.3 Å². The minimum absolute atomic E-state index is 0.224. The molecule has 1 aromatic heterocycles. The number of nitriles is 1. The van der Waals surface area contributed by atoms with Crippen molar-refractivity contribution in [3.05, 3.63) is 35.7 Å². The van der Waals surface area contributed by atoms with Gasteiger partial charge >= 0.3 is 0 Å². The van der Waals surface area contributed by atoms with Gasteiger partial charge in [-0.15, -0.1) is 0 Å². The van der Waals surface area contributed by atoms with Gasteiger partial charge in [-0.1, -0.05) is 13.8 Å². The molecule has 1 aromatic carbocycles. The van der Waals surface area contributed by atoms with Crippen molar-refractivity contribution in [2.75, 3.05) is 24.7 Å². The summed E-state index contributed by atoms with van der Waals surface area (Å²) in [5.41, 5.74) is 1.88. The Morgan fingerprint density at radius 2 is 2.08 bits per heavy atom. The van der Waals surface area contributed by atoms with Crippen molar-refractivity contribution >= 4 is 11.6 Å². The van der Waals surface area contributed by atoms with Crippen molar-refractivity contribution in [1.82, 2.24) is 10.2 Å². The second kappa shape index (κ2) is 7.26. The van der Waals surface area contributed by atoms with Crippen molar-refractivity contribution < 1.29 is 14.3 Å². The van der Waals surface area contributed by atoms with Gasteiger partial charge in [0.05, 0.1) is 12.5 Å². The molecule has 1 amide bonds. The Hall–Kier alpha value is -3.01. The van der Waals surface area contributed by atoms with Crippen molar-refractivity contribution in [3.8, 4) is 17.6 Å². The quantitative estimate of drug-likeness (QED) is 0.903. The summed E-state index contributed by atoms with van der Waals surface area (Å²) in [6.07, 6.45) is 0.224. The molecule has 0 fully saturated rings. The number of ether oxygens (including phenoxy) is 2. The van der Waals surface area contributed by atoms with Crippen LogP contribution in [0.2, 0.25) is 0 Å².